The predicted molar refractivity (Wildman–Crippen MR) is 133 cm³/mol. The van der Waals surface area contributed by atoms with E-state index in [1.165, 1.54) is 33.0 Å². The third-order valence-corrected chi connectivity index (χ3v) is 9.71. The lowest BCUT2D eigenvalue weighted by atomic mass is 9.82. The van der Waals surface area contributed by atoms with Crippen LogP contribution >= 0.6 is 0 Å². The van der Waals surface area contributed by atoms with Crippen molar-refractivity contribution in [2.75, 3.05) is 0 Å². The van der Waals surface area contributed by atoms with Crippen LogP contribution in [0.25, 0.3) is 22.3 Å². The van der Waals surface area contributed by atoms with E-state index in [0.717, 1.165) is 0 Å². The van der Waals surface area contributed by atoms with Crippen LogP contribution in [0.5, 0.6) is 0 Å². The van der Waals surface area contributed by atoms with Crippen molar-refractivity contribution in [3.8, 4) is 22.3 Å². The Morgan fingerprint density at radius 2 is 1.27 bits per heavy atom. The van der Waals surface area contributed by atoms with Crippen molar-refractivity contribution >= 4 is 24.4 Å². The van der Waals surface area contributed by atoms with Crippen molar-refractivity contribution < 1.29 is 0 Å². The number of rotatable bonds is 2. The summed E-state index contributed by atoms with van der Waals surface area (Å²) in [7, 11) is -1.55. The van der Waals surface area contributed by atoms with Crippen molar-refractivity contribution in [3.63, 3.8) is 0 Å². The Balaban J connectivity index is 1.81. The second-order valence-corrected chi connectivity index (χ2v) is 12.2. The highest BCUT2D eigenvalue weighted by Crippen LogP contribution is 2.33. The Morgan fingerprint density at radius 1 is 0.633 bits per heavy atom. The van der Waals surface area contributed by atoms with E-state index in [1.807, 2.05) is 0 Å². The summed E-state index contributed by atoms with van der Waals surface area (Å²) in [4.78, 5) is 0. The maximum absolute atomic E-state index is 2.48. The molecule has 0 spiro atoms. The van der Waals surface area contributed by atoms with Crippen molar-refractivity contribution in [1.82, 2.24) is 0 Å². The summed E-state index contributed by atoms with van der Waals surface area (Å²) < 4.78 is 0. The fraction of sp³-hybridized carbons (Fsp3) is 0.172. The quantitative estimate of drug-likeness (QED) is 0.355. The van der Waals surface area contributed by atoms with Crippen molar-refractivity contribution in [3.05, 3.63) is 102 Å². The molecule has 30 heavy (non-hydrogen) atoms. The van der Waals surface area contributed by atoms with E-state index in [0.29, 0.717) is 0 Å². The van der Waals surface area contributed by atoms with Gasteiger partial charge in [0.05, 0.1) is 0 Å². The molecule has 1 aliphatic heterocycles. The monoisotopic (exact) mass is 404 g/mol. The van der Waals surface area contributed by atoms with E-state index in [-0.39, 0.29) is 5.41 Å². The zero-order chi connectivity index (χ0) is 20.9. The van der Waals surface area contributed by atoms with Gasteiger partial charge in [0, 0.05) is 0 Å². The summed E-state index contributed by atoms with van der Waals surface area (Å²) in [5.41, 5.74) is 8.62. The standard InChI is InChI=1S/C29H28Si/c1-20-15-17-25-24-18-16-22(21-11-7-5-8-12-21)19-26(24)30(23-13-9-6-10-14-23)28(25)27(20)29(2,3)4/h5-19,30H,1-4H3. The predicted octanol–water partition coefficient (Wildman–Crippen LogP) is 5.19. The topological polar surface area (TPSA) is 0 Å². The van der Waals surface area contributed by atoms with Gasteiger partial charge in [0.2, 0.25) is 0 Å². The van der Waals surface area contributed by atoms with Crippen LogP contribution in [0, 0.1) is 6.92 Å². The minimum Gasteiger partial charge on any atom is -0.0625 e. The Bertz CT molecular complexity index is 1210. The van der Waals surface area contributed by atoms with Crippen molar-refractivity contribution in [2.24, 2.45) is 0 Å². The van der Waals surface area contributed by atoms with Gasteiger partial charge in [0.15, 0.2) is 0 Å². The van der Waals surface area contributed by atoms with Crippen LogP contribution in [0.3, 0.4) is 0 Å². The molecular weight excluding hydrogens is 376 g/mol. The zero-order valence-corrected chi connectivity index (χ0v) is 19.4. The molecule has 0 saturated heterocycles. The van der Waals surface area contributed by atoms with Gasteiger partial charge < -0.3 is 0 Å². The van der Waals surface area contributed by atoms with Crippen LogP contribution in [-0.4, -0.2) is 8.80 Å². The van der Waals surface area contributed by atoms with Crippen LogP contribution in [-0.2, 0) is 5.41 Å². The first kappa shape index (κ1) is 19.1. The first-order valence-corrected chi connectivity index (χ1v) is 12.6. The second-order valence-electron chi connectivity index (χ2n) is 9.48. The lowest BCUT2D eigenvalue weighted by Gasteiger charge is -2.28. The number of hydrogen-bond acceptors (Lipinski definition) is 0. The van der Waals surface area contributed by atoms with E-state index in [9.17, 15) is 0 Å². The minimum absolute atomic E-state index is 0.125. The molecule has 0 bridgehead atoms. The van der Waals surface area contributed by atoms with E-state index in [2.05, 4.69) is 119 Å². The van der Waals surface area contributed by atoms with Crippen LogP contribution in [0.1, 0.15) is 31.9 Å². The molecule has 4 aromatic carbocycles. The molecule has 1 atom stereocenters. The first-order valence-electron chi connectivity index (χ1n) is 10.8. The average Bonchev–Trinajstić information content (AvgIpc) is 3.07. The number of benzene rings is 4. The summed E-state index contributed by atoms with van der Waals surface area (Å²) in [6, 6.07) is 33.9. The van der Waals surface area contributed by atoms with Crippen molar-refractivity contribution in [2.45, 2.75) is 33.1 Å². The molecule has 0 N–H and O–H groups in total. The summed E-state index contributed by atoms with van der Waals surface area (Å²) in [5.74, 6) is 0. The molecule has 0 radical (unpaired) electrons. The Morgan fingerprint density at radius 3 is 1.93 bits per heavy atom. The molecule has 5 rings (SSSR count). The molecule has 0 fully saturated rings. The van der Waals surface area contributed by atoms with Crippen molar-refractivity contribution in [1.29, 1.82) is 0 Å². The fourth-order valence-electron chi connectivity index (χ4n) is 5.26. The number of fused-ring (bicyclic) bond motifs is 3. The Hall–Kier alpha value is -2.90. The van der Waals surface area contributed by atoms with Gasteiger partial charge in [-0.2, -0.15) is 0 Å². The first-order chi connectivity index (χ1) is 14.4. The van der Waals surface area contributed by atoms with Gasteiger partial charge in [-0.1, -0.05) is 117 Å². The lowest BCUT2D eigenvalue weighted by molar-refractivity contribution is 0.590. The largest absolute Gasteiger partial charge is 0.135 e. The zero-order valence-electron chi connectivity index (χ0n) is 18.2. The Kier molecular flexibility index (Phi) is 4.52. The molecule has 1 heteroatoms. The fourth-order valence-corrected chi connectivity index (χ4v) is 9.29. The van der Waals surface area contributed by atoms with Gasteiger partial charge in [-0.15, -0.1) is 0 Å². The highest BCUT2D eigenvalue weighted by molar-refractivity contribution is 6.99. The molecule has 1 unspecified atom stereocenters. The van der Waals surface area contributed by atoms with Crippen LogP contribution < -0.4 is 15.6 Å². The highest BCUT2D eigenvalue weighted by Gasteiger charge is 2.36. The SMILES string of the molecule is Cc1ccc2c(c1C(C)(C)C)[SiH](c1ccccc1)c1cc(-c3ccccc3)ccc1-2. The van der Waals surface area contributed by atoms with E-state index < -0.39 is 8.80 Å². The average molecular weight is 405 g/mol. The number of aryl methyl sites for hydroxylation is 1. The number of hydrogen-bond donors (Lipinski definition) is 0. The van der Waals surface area contributed by atoms with Gasteiger partial charge in [-0.3, -0.25) is 0 Å². The molecule has 0 nitrogen and oxygen atoms in total. The van der Waals surface area contributed by atoms with Crippen LogP contribution in [0.4, 0.5) is 0 Å². The van der Waals surface area contributed by atoms with Gasteiger partial charge in [0.1, 0.15) is 8.80 Å². The highest BCUT2D eigenvalue weighted by atomic mass is 28.3. The summed E-state index contributed by atoms with van der Waals surface area (Å²) >= 11 is 0. The maximum atomic E-state index is 2.48. The van der Waals surface area contributed by atoms with Crippen LogP contribution in [0.15, 0.2) is 91.0 Å². The second kappa shape index (κ2) is 7.11. The molecule has 1 heterocycles. The summed E-state index contributed by atoms with van der Waals surface area (Å²) in [5, 5.41) is 4.71. The molecule has 1 aliphatic rings. The Labute approximate surface area is 181 Å². The van der Waals surface area contributed by atoms with E-state index in [1.54, 1.807) is 15.9 Å². The molecule has 0 saturated carbocycles. The normalized spacial score (nSPS) is 15.0. The minimum atomic E-state index is -1.55. The lowest BCUT2D eigenvalue weighted by Crippen LogP contribution is -2.51. The smallest absolute Gasteiger partial charge is 0.0625 e. The maximum Gasteiger partial charge on any atom is 0.135 e. The summed E-state index contributed by atoms with van der Waals surface area (Å²) in [6.07, 6.45) is 0. The molecule has 0 aliphatic carbocycles. The van der Waals surface area contributed by atoms with Gasteiger partial charge in [-0.25, -0.2) is 0 Å². The van der Waals surface area contributed by atoms with Gasteiger partial charge in [-0.05, 0) is 56.1 Å². The van der Waals surface area contributed by atoms with Crippen LogP contribution in [0.2, 0.25) is 0 Å². The molecule has 148 valence electrons. The molecular formula is C29H28Si. The van der Waals surface area contributed by atoms with Gasteiger partial charge >= 0.3 is 0 Å². The molecule has 0 aromatic heterocycles. The van der Waals surface area contributed by atoms with Gasteiger partial charge in [0.25, 0.3) is 0 Å². The molecule has 4 aromatic rings. The third-order valence-electron chi connectivity index (χ3n) is 6.39. The summed E-state index contributed by atoms with van der Waals surface area (Å²) in [6.45, 7) is 9.38. The van der Waals surface area contributed by atoms with E-state index in [4.69, 9.17) is 0 Å². The third kappa shape index (κ3) is 3.05. The molecule has 0 amide bonds. The van der Waals surface area contributed by atoms with E-state index >= 15 is 0 Å².